The Kier molecular flexibility index (Phi) is 7.26. The number of methoxy groups -OCH3 is 4. The fourth-order valence-corrected chi connectivity index (χ4v) is 4.18. The number of benzene rings is 2. The van der Waals surface area contributed by atoms with Gasteiger partial charge in [0.15, 0.2) is 23.0 Å². The van der Waals surface area contributed by atoms with Crippen LogP contribution in [0, 0.1) is 0 Å². The smallest absolute Gasteiger partial charge is 0.161 e. The van der Waals surface area contributed by atoms with E-state index in [1.54, 1.807) is 28.4 Å². The van der Waals surface area contributed by atoms with Crippen molar-refractivity contribution < 1.29 is 18.9 Å². The molecule has 1 heterocycles. The first-order valence-electron chi connectivity index (χ1n) is 10.3. The molecule has 0 N–H and O–H groups in total. The molecule has 3 rings (SSSR count). The maximum absolute atomic E-state index is 5.60. The van der Waals surface area contributed by atoms with E-state index in [4.69, 9.17) is 18.9 Å². The summed E-state index contributed by atoms with van der Waals surface area (Å²) >= 11 is 0. The first-order valence-corrected chi connectivity index (χ1v) is 10.3. The Morgan fingerprint density at radius 3 is 2.17 bits per heavy atom. The van der Waals surface area contributed by atoms with E-state index in [9.17, 15) is 0 Å². The van der Waals surface area contributed by atoms with Gasteiger partial charge in [-0.2, -0.15) is 0 Å². The summed E-state index contributed by atoms with van der Waals surface area (Å²) in [6.45, 7) is 4.40. The van der Waals surface area contributed by atoms with Gasteiger partial charge in [0.1, 0.15) is 0 Å². The van der Waals surface area contributed by atoms with Gasteiger partial charge in [-0.15, -0.1) is 0 Å². The molecule has 0 spiro atoms. The number of unbranched alkanes of at least 4 members (excludes halogenated alkanes) is 1. The van der Waals surface area contributed by atoms with E-state index in [0.29, 0.717) is 6.04 Å². The Morgan fingerprint density at radius 1 is 0.862 bits per heavy atom. The topological polar surface area (TPSA) is 40.2 Å². The van der Waals surface area contributed by atoms with Gasteiger partial charge < -0.3 is 18.9 Å². The number of ether oxygens (including phenoxy) is 4. The summed E-state index contributed by atoms with van der Waals surface area (Å²) in [5, 5.41) is 0. The van der Waals surface area contributed by atoms with Gasteiger partial charge in [0.25, 0.3) is 0 Å². The highest BCUT2D eigenvalue weighted by molar-refractivity contribution is 5.50. The van der Waals surface area contributed by atoms with E-state index in [1.807, 2.05) is 6.07 Å². The third-order valence-corrected chi connectivity index (χ3v) is 5.79. The van der Waals surface area contributed by atoms with Gasteiger partial charge in [-0.3, -0.25) is 4.90 Å². The second-order valence-corrected chi connectivity index (χ2v) is 7.45. The summed E-state index contributed by atoms with van der Waals surface area (Å²) in [7, 11) is 6.75. The van der Waals surface area contributed by atoms with Crippen molar-refractivity contribution in [1.29, 1.82) is 0 Å². The van der Waals surface area contributed by atoms with Crippen LogP contribution in [0.25, 0.3) is 0 Å². The third-order valence-electron chi connectivity index (χ3n) is 5.79. The number of rotatable bonds is 9. The molecule has 1 aliphatic heterocycles. The fraction of sp³-hybridized carbons (Fsp3) is 0.500. The lowest BCUT2D eigenvalue weighted by Gasteiger charge is -2.38. The van der Waals surface area contributed by atoms with E-state index >= 15 is 0 Å². The average Bonchev–Trinajstić information content (AvgIpc) is 2.77. The van der Waals surface area contributed by atoms with Crippen molar-refractivity contribution in [3.8, 4) is 23.0 Å². The SMILES string of the molecule is CCCCN1CCc2cc(OC)c(OC)cc2C1Cc1ccc(OC)c(OC)c1. The normalized spacial score (nSPS) is 16.2. The summed E-state index contributed by atoms with van der Waals surface area (Å²) in [6.07, 6.45) is 4.33. The lowest BCUT2D eigenvalue weighted by Crippen LogP contribution is -2.37. The zero-order chi connectivity index (χ0) is 20.8. The molecule has 0 radical (unpaired) electrons. The van der Waals surface area contributed by atoms with Crippen LogP contribution < -0.4 is 18.9 Å². The monoisotopic (exact) mass is 399 g/mol. The minimum absolute atomic E-state index is 0.295. The van der Waals surface area contributed by atoms with Crippen molar-refractivity contribution in [2.24, 2.45) is 0 Å². The lowest BCUT2D eigenvalue weighted by atomic mass is 9.88. The molecule has 5 nitrogen and oxygen atoms in total. The van der Waals surface area contributed by atoms with Crippen LogP contribution in [0.4, 0.5) is 0 Å². The molecule has 2 aromatic carbocycles. The van der Waals surface area contributed by atoms with Gasteiger partial charge in [0, 0.05) is 12.6 Å². The molecule has 1 atom stereocenters. The molecule has 0 amide bonds. The molecule has 0 bridgehead atoms. The molecule has 158 valence electrons. The number of hydrogen-bond acceptors (Lipinski definition) is 5. The second-order valence-electron chi connectivity index (χ2n) is 7.45. The fourth-order valence-electron chi connectivity index (χ4n) is 4.18. The van der Waals surface area contributed by atoms with Gasteiger partial charge in [-0.1, -0.05) is 19.4 Å². The van der Waals surface area contributed by atoms with Crippen molar-refractivity contribution in [1.82, 2.24) is 4.90 Å². The minimum atomic E-state index is 0.295. The van der Waals surface area contributed by atoms with Gasteiger partial charge in [-0.25, -0.2) is 0 Å². The van der Waals surface area contributed by atoms with E-state index in [-0.39, 0.29) is 0 Å². The minimum Gasteiger partial charge on any atom is -0.493 e. The molecule has 1 unspecified atom stereocenters. The van der Waals surface area contributed by atoms with Crippen LogP contribution in [0.1, 0.15) is 42.5 Å². The van der Waals surface area contributed by atoms with Gasteiger partial charge >= 0.3 is 0 Å². The summed E-state index contributed by atoms with van der Waals surface area (Å²) in [5.74, 6) is 3.13. The molecule has 5 heteroatoms. The van der Waals surface area contributed by atoms with Crippen LogP contribution in [-0.4, -0.2) is 46.4 Å². The van der Waals surface area contributed by atoms with Crippen molar-refractivity contribution in [2.75, 3.05) is 41.5 Å². The Hall–Kier alpha value is -2.40. The molecule has 2 aromatic rings. The molecule has 0 aromatic heterocycles. The van der Waals surface area contributed by atoms with Crippen LogP contribution in [0.3, 0.4) is 0 Å². The average molecular weight is 400 g/mol. The van der Waals surface area contributed by atoms with Crippen molar-refractivity contribution >= 4 is 0 Å². The molecule has 0 fully saturated rings. The predicted molar refractivity (Wildman–Crippen MR) is 116 cm³/mol. The standard InChI is InChI=1S/C24H33NO4/c1-6-7-11-25-12-10-18-15-23(28-4)24(29-5)16-19(18)20(25)13-17-8-9-21(26-2)22(14-17)27-3/h8-9,14-16,20H,6-7,10-13H2,1-5H3. The first-order chi connectivity index (χ1) is 14.1. The van der Waals surface area contributed by atoms with E-state index in [1.165, 1.54) is 29.5 Å². The van der Waals surface area contributed by atoms with Gasteiger partial charge in [-0.05, 0) is 66.8 Å². The third kappa shape index (κ3) is 4.61. The summed E-state index contributed by atoms with van der Waals surface area (Å²) in [4.78, 5) is 2.61. The van der Waals surface area contributed by atoms with E-state index in [0.717, 1.165) is 48.9 Å². The van der Waals surface area contributed by atoms with Crippen LogP contribution in [-0.2, 0) is 12.8 Å². The Bertz CT molecular complexity index is 821. The number of hydrogen-bond donors (Lipinski definition) is 0. The van der Waals surface area contributed by atoms with Crippen LogP contribution in [0.15, 0.2) is 30.3 Å². The van der Waals surface area contributed by atoms with Gasteiger partial charge in [0.05, 0.1) is 28.4 Å². The summed E-state index contributed by atoms with van der Waals surface area (Å²) < 4.78 is 22.1. The summed E-state index contributed by atoms with van der Waals surface area (Å²) in [6, 6.07) is 10.8. The number of nitrogens with zero attached hydrogens (tertiary/aromatic N) is 1. The number of fused-ring (bicyclic) bond motifs is 1. The molecule has 1 aliphatic rings. The first kappa shape index (κ1) is 21.3. The lowest BCUT2D eigenvalue weighted by molar-refractivity contribution is 0.180. The van der Waals surface area contributed by atoms with Gasteiger partial charge in [0.2, 0.25) is 0 Å². The molecular formula is C24H33NO4. The zero-order valence-electron chi connectivity index (χ0n) is 18.3. The Labute approximate surface area is 174 Å². The molecule has 0 saturated heterocycles. The maximum Gasteiger partial charge on any atom is 0.161 e. The largest absolute Gasteiger partial charge is 0.493 e. The second kappa shape index (κ2) is 9.88. The highest BCUT2D eigenvalue weighted by atomic mass is 16.5. The van der Waals surface area contributed by atoms with Crippen LogP contribution >= 0.6 is 0 Å². The van der Waals surface area contributed by atoms with E-state index in [2.05, 4.69) is 36.1 Å². The molecule has 0 saturated carbocycles. The Morgan fingerprint density at radius 2 is 1.52 bits per heavy atom. The van der Waals surface area contributed by atoms with Crippen molar-refractivity contribution in [3.63, 3.8) is 0 Å². The molecular weight excluding hydrogens is 366 g/mol. The highest BCUT2D eigenvalue weighted by Crippen LogP contribution is 2.40. The predicted octanol–water partition coefficient (Wildman–Crippen LogP) is 4.66. The van der Waals surface area contributed by atoms with Crippen molar-refractivity contribution in [3.05, 3.63) is 47.0 Å². The Balaban J connectivity index is 1.98. The zero-order valence-corrected chi connectivity index (χ0v) is 18.3. The molecule has 0 aliphatic carbocycles. The van der Waals surface area contributed by atoms with E-state index < -0.39 is 0 Å². The quantitative estimate of drug-likeness (QED) is 0.613. The summed E-state index contributed by atoms with van der Waals surface area (Å²) in [5.41, 5.74) is 3.91. The molecule has 29 heavy (non-hydrogen) atoms. The van der Waals surface area contributed by atoms with Crippen molar-refractivity contribution in [2.45, 2.75) is 38.6 Å². The van der Waals surface area contributed by atoms with Crippen LogP contribution in [0.2, 0.25) is 0 Å². The van der Waals surface area contributed by atoms with Crippen LogP contribution in [0.5, 0.6) is 23.0 Å². The highest BCUT2D eigenvalue weighted by Gasteiger charge is 2.29. The maximum atomic E-state index is 5.60.